The fourth-order valence-electron chi connectivity index (χ4n) is 3.36. The standard InChI is InChI=1S/C23H30N2O2/c1-2-3-19-27-23(26)21-9-11-22(12-10-21)25-17-15-24(16-18-25)14-13-20-7-5-4-6-8-20/h4-12H,2-3,13-19H2,1H3. The van der Waals surface area contributed by atoms with Gasteiger partial charge in [0.2, 0.25) is 0 Å². The number of rotatable bonds is 8. The summed E-state index contributed by atoms with van der Waals surface area (Å²) in [7, 11) is 0. The Labute approximate surface area is 162 Å². The third-order valence-corrected chi connectivity index (χ3v) is 5.13. The molecule has 2 aromatic carbocycles. The maximum absolute atomic E-state index is 12.0. The molecule has 0 N–H and O–H groups in total. The van der Waals surface area contributed by atoms with Crippen LogP contribution in [0.15, 0.2) is 54.6 Å². The van der Waals surface area contributed by atoms with E-state index in [-0.39, 0.29) is 5.97 Å². The van der Waals surface area contributed by atoms with Gasteiger partial charge in [0.15, 0.2) is 0 Å². The molecular weight excluding hydrogens is 336 g/mol. The van der Waals surface area contributed by atoms with Crippen LogP contribution >= 0.6 is 0 Å². The number of ether oxygens (including phenoxy) is 1. The Morgan fingerprint density at radius 3 is 2.33 bits per heavy atom. The van der Waals surface area contributed by atoms with E-state index in [1.807, 2.05) is 24.3 Å². The number of nitrogens with zero attached hydrogens (tertiary/aromatic N) is 2. The normalized spacial score (nSPS) is 14.9. The van der Waals surface area contributed by atoms with E-state index in [1.165, 1.54) is 11.3 Å². The molecule has 0 aromatic heterocycles. The molecule has 1 aliphatic rings. The zero-order valence-electron chi connectivity index (χ0n) is 16.3. The summed E-state index contributed by atoms with van der Waals surface area (Å²) in [6, 6.07) is 18.5. The summed E-state index contributed by atoms with van der Waals surface area (Å²) in [6.07, 6.45) is 3.05. The first-order valence-corrected chi connectivity index (χ1v) is 10.0. The van der Waals surface area contributed by atoms with Gasteiger partial charge in [0.05, 0.1) is 12.2 Å². The summed E-state index contributed by atoms with van der Waals surface area (Å²) in [5.74, 6) is -0.222. The Bertz CT molecular complexity index is 692. The van der Waals surface area contributed by atoms with Crippen LogP contribution in [0.4, 0.5) is 5.69 Å². The quantitative estimate of drug-likeness (QED) is 0.522. The highest BCUT2D eigenvalue weighted by Gasteiger charge is 2.17. The van der Waals surface area contributed by atoms with Gasteiger partial charge in [-0.25, -0.2) is 4.79 Å². The molecule has 1 fully saturated rings. The minimum Gasteiger partial charge on any atom is -0.462 e. The summed E-state index contributed by atoms with van der Waals surface area (Å²) < 4.78 is 5.27. The average molecular weight is 367 g/mol. The van der Waals surface area contributed by atoms with E-state index < -0.39 is 0 Å². The summed E-state index contributed by atoms with van der Waals surface area (Å²) in [4.78, 5) is 16.9. The molecule has 0 saturated carbocycles. The molecule has 0 amide bonds. The van der Waals surface area contributed by atoms with Crippen LogP contribution in [0.5, 0.6) is 0 Å². The molecular formula is C23H30N2O2. The van der Waals surface area contributed by atoms with E-state index in [0.29, 0.717) is 12.2 Å². The largest absolute Gasteiger partial charge is 0.462 e. The van der Waals surface area contributed by atoms with Crippen molar-refractivity contribution in [2.45, 2.75) is 26.2 Å². The van der Waals surface area contributed by atoms with Gasteiger partial charge >= 0.3 is 5.97 Å². The number of benzene rings is 2. The summed E-state index contributed by atoms with van der Waals surface area (Å²) >= 11 is 0. The molecule has 0 aliphatic carbocycles. The molecule has 0 bridgehead atoms. The van der Waals surface area contributed by atoms with E-state index in [2.05, 4.69) is 47.1 Å². The van der Waals surface area contributed by atoms with Crippen LogP contribution < -0.4 is 4.90 Å². The van der Waals surface area contributed by atoms with Gasteiger partial charge in [-0.05, 0) is 42.7 Å². The Balaban J connectivity index is 1.44. The van der Waals surface area contributed by atoms with E-state index >= 15 is 0 Å². The highest BCUT2D eigenvalue weighted by Crippen LogP contribution is 2.18. The number of anilines is 1. The first kappa shape index (κ1) is 19.4. The van der Waals surface area contributed by atoms with Crippen LogP contribution in [0.1, 0.15) is 35.7 Å². The van der Waals surface area contributed by atoms with Gasteiger partial charge in [0.25, 0.3) is 0 Å². The number of unbranched alkanes of at least 4 members (excludes halogenated alkanes) is 1. The lowest BCUT2D eigenvalue weighted by molar-refractivity contribution is 0.0500. The van der Waals surface area contributed by atoms with Crippen LogP contribution in [0.25, 0.3) is 0 Å². The minimum absolute atomic E-state index is 0.222. The average Bonchev–Trinajstić information content (AvgIpc) is 2.74. The van der Waals surface area contributed by atoms with Crippen molar-refractivity contribution in [3.05, 3.63) is 65.7 Å². The molecule has 27 heavy (non-hydrogen) atoms. The third kappa shape index (κ3) is 5.83. The Hall–Kier alpha value is -2.33. The van der Waals surface area contributed by atoms with Crippen LogP contribution in [0.3, 0.4) is 0 Å². The van der Waals surface area contributed by atoms with Crippen molar-refractivity contribution < 1.29 is 9.53 Å². The summed E-state index contributed by atoms with van der Waals surface area (Å²) in [5.41, 5.74) is 3.22. The van der Waals surface area contributed by atoms with Crippen molar-refractivity contribution in [1.29, 1.82) is 0 Å². The molecule has 1 saturated heterocycles. The first-order chi connectivity index (χ1) is 13.3. The van der Waals surface area contributed by atoms with Crippen LogP contribution in [0.2, 0.25) is 0 Å². The predicted octanol–water partition coefficient (Wildman–Crippen LogP) is 4.01. The second kappa shape index (κ2) is 10.1. The minimum atomic E-state index is -0.222. The molecule has 2 aromatic rings. The van der Waals surface area contributed by atoms with Gasteiger partial charge in [0.1, 0.15) is 0 Å². The molecule has 0 unspecified atom stereocenters. The number of piperazine rings is 1. The van der Waals surface area contributed by atoms with Crippen molar-refractivity contribution in [2.24, 2.45) is 0 Å². The molecule has 4 nitrogen and oxygen atoms in total. The summed E-state index contributed by atoms with van der Waals surface area (Å²) in [5, 5.41) is 0. The van der Waals surface area contributed by atoms with Gasteiger partial charge in [0, 0.05) is 38.4 Å². The molecule has 1 heterocycles. The van der Waals surface area contributed by atoms with Gasteiger partial charge in [-0.3, -0.25) is 4.90 Å². The van der Waals surface area contributed by atoms with Crippen LogP contribution in [-0.2, 0) is 11.2 Å². The molecule has 0 atom stereocenters. The number of carbonyl (C=O) groups excluding carboxylic acids is 1. The lowest BCUT2D eigenvalue weighted by Gasteiger charge is -2.36. The number of esters is 1. The maximum Gasteiger partial charge on any atom is 0.338 e. The van der Waals surface area contributed by atoms with E-state index in [0.717, 1.165) is 52.0 Å². The number of hydrogen-bond donors (Lipinski definition) is 0. The maximum atomic E-state index is 12.0. The second-order valence-corrected chi connectivity index (χ2v) is 7.10. The number of hydrogen-bond acceptors (Lipinski definition) is 4. The van der Waals surface area contributed by atoms with Gasteiger partial charge in [-0.1, -0.05) is 43.7 Å². The van der Waals surface area contributed by atoms with Gasteiger partial charge in [-0.2, -0.15) is 0 Å². The van der Waals surface area contributed by atoms with E-state index in [4.69, 9.17) is 4.74 Å². The Morgan fingerprint density at radius 2 is 1.67 bits per heavy atom. The van der Waals surface area contributed by atoms with E-state index in [1.54, 1.807) is 0 Å². The van der Waals surface area contributed by atoms with Crippen LogP contribution in [-0.4, -0.2) is 50.2 Å². The van der Waals surface area contributed by atoms with Crippen LogP contribution in [0, 0.1) is 0 Å². The Kier molecular flexibility index (Phi) is 7.28. The molecule has 3 rings (SSSR count). The smallest absolute Gasteiger partial charge is 0.338 e. The molecule has 0 spiro atoms. The zero-order chi connectivity index (χ0) is 18.9. The molecule has 4 heteroatoms. The van der Waals surface area contributed by atoms with Crippen molar-refractivity contribution >= 4 is 11.7 Å². The van der Waals surface area contributed by atoms with Gasteiger partial charge < -0.3 is 9.64 Å². The third-order valence-electron chi connectivity index (χ3n) is 5.13. The first-order valence-electron chi connectivity index (χ1n) is 10.0. The highest BCUT2D eigenvalue weighted by atomic mass is 16.5. The lowest BCUT2D eigenvalue weighted by atomic mass is 10.1. The predicted molar refractivity (Wildman–Crippen MR) is 110 cm³/mol. The van der Waals surface area contributed by atoms with Gasteiger partial charge in [-0.15, -0.1) is 0 Å². The molecule has 144 valence electrons. The molecule has 1 aliphatic heterocycles. The van der Waals surface area contributed by atoms with Crippen molar-refractivity contribution in [3.8, 4) is 0 Å². The topological polar surface area (TPSA) is 32.8 Å². The number of carbonyl (C=O) groups is 1. The van der Waals surface area contributed by atoms with Crippen molar-refractivity contribution in [3.63, 3.8) is 0 Å². The second-order valence-electron chi connectivity index (χ2n) is 7.10. The highest BCUT2D eigenvalue weighted by molar-refractivity contribution is 5.89. The lowest BCUT2D eigenvalue weighted by Crippen LogP contribution is -2.47. The van der Waals surface area contributed by atoms with Crippen molar-refractivity contribution in [2.75, 3.05) is 44.2 Å². The fraction of sp³-hybridized carbons (Fsp3) is 0.435. The Morgan fingerprint density at radius 1 is 0.963 bits per heavy atom. The SMILES string of the molecule is CCCCOC(=O)c1ccc(N2CCN(CCc3ccccc3)CC2)cc1. The summed E-state index contributed by atoms with van der Waals surface area (Å²) in [6.45, 7) is 7.90. The molecule has 0 radical (unpaired) electrons. The van der Waals surface area contributed by atoms with Crippen molar-refractivity contribution in [1.82, 2.24) is 4.90 Å². The van der Waals surface area contributed by atoms with E-state index in [9.17, 15) is 4.79 Å². The fourth-order valence-corrected chi connectivity index (χ4v) is 3.36. The monoisotopic (exact) mass is 366 g/mol. The zero-order valence-corrected chi connectivity index (χ0v) is 16.3.